The van der Waals surface area contributed by atoms with Crippen molar-refractivity contribution >= 4 is 5.91 Å². The molecule has 26 heavy (non-hydrogen) atoms. The van der Waals surface area contributed by atoms with Gasteiger partial charge in [-0.15, -0.1) is 0 Å². The summed E-state index contributed by atoms with van der Waals surface area (Å²) in [5.41, 5.74) is 2.40. The van der Waals surface area contributed by atoms with Gasteiger partial charge >= 0.3 is 0 Å². The van der Waals surface area contributed by atoms with Gasteiger partial charge in [0.2, 0.25) is 0 Å². The molecule has 3 rings (SSSR count). The molecule has 0 heterocycles. The number of nitrogens with one attached hydrogen (secondary N) is 1. The maximum Gasteiger partial charge on any atom is 0.263 e. The second-order valence-electron chi connectivity index (χ2n) is 6.67. The number of hydrogen-bond acceptors (Lipinski definition) is 2. The summed E-state index contributed by atoms with van der Waals surface area (Å²) in [6, 6.07) is 27.8. The van der Waals surface area contributed by atoms with E-state index < -0.39 is 5.60 Å². The van der Waals surface area contributed by atoms with E-state index in [2.05, 4.69) is 29.6 Å². The van der Waals surface area contributed by atoms with Crippen molar-refractivity contribution in [1.29, 1.82) is 0 Å². The van der Waals surface area contributed by atoms with Crippen LogP contribution in [-0.4, -0.2) is 11.5 Å². The lowest BCUT2D eigenvalue weighted by Gasteiger charge is -2.25. The average molecular weight is 345 g/mol. The monoisotopic (exact) mass is 345 g/mol. The molecule has 1 amide bonds. The smallest absolute Gasteiger partial charge is 0.263 e. The molecule has 0 radical (unpaired) electrons. The summed E-state index contributed by atoms with van der Waals surface area (Å²) in [6.07, 6.45) is 0. The number of carbonyl (C=O) groups excluding carboxylic acids is 1. The van der Waals surface area contributed by atoms with Crippen LogP contribution in [0, 0.1) is 0 Å². The van der Waals surface area contributed by atoms with Gasteiger partial charge in [0.05, 0.1) is 0 Å². The van der Waals surface area contributed by atoms with Gasteiger partial charge in [0, 0.05) is 6.54 Å². The SMILES string of the molecule is CC(C)(Oc1ccccc1)C(=O)NCc1cccc(-c2ccccc2)c1. The first kappa shape index (κ1) is 17.7. The lowest BCUT2D eigenvalue weighted by atomic mass is 10.0. The second kappa shape index (κ2) is 7.87. The van der Waals surface area contributed by atoms with E-state index in [9.17, 15) is 4.79 Å². The van der Waals surface area contributed by atoms with Crippen LogP contribution < -0.4 is 10.1 Å². The number of para-hydroxylation sites is 1. The van der Waals surface area contributed by atoms with E-state index in [4.69, 9.17) is 4.74 Å². The quantitative estimate of drug-likeness (QED) is 0.695. The Labute approximate surface area is 154 Å². The molecule has 0 aliphatic carbocycles. The van der Waals surface area contributed by atoms with Crippen LogP contribution in [0.5, 0.6) is 5.75 Å². The van der Waals surface area contributed by atoms with E-state index in [-0.39, 0.29) is 5.91 Å². The topological polar surface area (TPSA) is 38.3 Å². The highest BCUT2D eigenvalue weighted by molar-refractivity contribution is 5.84. The van der Waals surface area contributed by atoms with Crippen molar-refractivity contribution in [2.24, 2.45) is 0 Å². The zero-order valence-corrected chi connectivity index (χ0v) is 15.1. The molecule has 0 aromatic heterocycles. The van der Waals surface area contributed by atoms with Crippen LogP contribution >= 0.6 is 0 Å². The predicted octanol–water partition coefficient (Wildman–Crippen LogP) is 4.83. The molecule has 0 saturated heterocycles. The summed E-state index contributed by atoms with van der Waals surface area (Å²) in [5, 5.41) is 2.97. The van der Waals surface area contributed by atoms with Crippen LogP contribution in [0.3, 0.4) is 0 Å². The Morgan fingerprint density at radius 1 is 0.846 bits per heavy atom. The molecule has 0 bridgehead atoms. The van der Waals surface area contributed by atoms with Gasteiger partial charge in [0.25, 0.3) is 5.91 Å². The van der Waals surface area contributed by atoms with E-state index >= 15 is 0 Å². The van der Waals surface area contributed by atoms with Crippen molar-refractivity contribution in [2.45, 2.75) is 26.0 Å². The Morgan fingerprint density at radius 2 is 1.46 bits per heavy atom. The predicted molar refractivity (Wildman–Crippen MR) is 105 cm³/mol. The number of hydrogen-bond donors (Lipinski definition) is 1. The Morgan fingerprint density at radius 3 is 2.15 bits per heavy atom. The van der Waals surface area contributed by atoms with Gasteiger partial charge in [0.15, 0.2) is 5.60 Å². The Kier molecular flexibility index (Phi) is 5.37. The van der Waals surface area contributed by atoms with Crippen LogP contribution in [0.4, 0.5) is 0 Å². The molecule has 0 atom stereocenters. The van der Waals surface area contributed by atoms with Crippen molar-refractivity contribution in [3.05, 3.63) is 90.5 Å². The van der Waals surface area contributed by atoms with Gasteiger partial charge < -0.3 is 10.1 Å². The molecule has 3 nitrogen and oxygen atoms in total. The lowest BCUT2D eigenvalue weighted by molar-refractivity contribution is -0.134. The van der Waals surface area contributed by atoms with Crippen LogP contribution in [-0.2, 0) is 11.3 Å². The van der Waals surface area contributed by atoms with E-state index in [0.29, 0.717) is 12.3 Å². The largest absolute Gasteiger partial charge is 0.478 e. The number of ether oxygens (including phenoxy) is 1. The molecule has 0 fully saturated rings. The highest BCUT2D eigenvalue weighted by Gasteiger charge is 2.29. The highest BCUT2D eigenvalue weighted by atomic mass is 16.5. The molecule has 1 N–H and O–H groups in total. The number of benzene rings is 3. The normalized spacial score (nSPS) is 11.0. The molecular weight excluding hydrogens is 322 g/mol. The van der Waals surface area contributed by atoms with Crippen LogP contribution in [0.2, 0.25) is 0 Å². The van der Waals surface area contributed by atoms with Crippen LogP contribution in [0.25, 0.3) is 11.1 Å². The van der Waals surface area contributed by atoms with Crippen molar-refractivity contribution < 1.29 is 9.53 Å². The zero-order valence-electron chi connectivity index (χ0n) is 15.1. The van der Waals surface area contributed by atoms with Gasteiger partial charge in [-0.3, -0.25) is 4.79 Å². The van der Waals surface area contributed by atoms with Gasteiger partial charge in [-0.2, -0.15) is 0 Å². The van der Waals surface area contributed by atoms with Gasteiger partial charge in [-0.05, 0) is 48.7 Å². The molecule has 3 aromatic carbocycles. The molecule has 132 valence electrons. The standard InChI is InChI=1S/C23H23NO2/c1-23(2,26-21-14-7-4-8-15-21)22(25)24-17-18-10-9-13-20(16-18)19-11-5-3-6-12-19/h3-16H,17H2,1-2H3,(H,24,25). The lowest BCUT2D eigenvalue weighted by Crippen LogP contribution is -2.46. The summed E-state index contributed by atoms with van der Waals surface area (Å²) >= 11 is 0. The number of amides is 1. The van der Waals surface area contributed by atoms with E-state index in [1.165, 1.54) is 0 Å². The maximum atomic E-state index is 12.6. The van der Waals surface area contributed by atoms with Crippen molar-refractivity contribution in [2.75, 3.05) is 0 Å². The summed E-state index contributed by atoms with van der Waals surface area (Å²) in [5.74, 6) is 0.533. The number of carbonyl (C=O) groups is 1. The second-order valence-corrected chi connectivity index (χ2v) is 6.67. The van der Waals surface area contributed by atoms with Crippen LogP contribution in [0.15, 0.2) is 84.9 Å². The molecule has 0 aliphatic heterocycles. The van der Waals surface area contributed by atoms with E-state index in [0.717, 1.165) is 16.7 Å². The minimum Gasteiger partial charge on any atom is -0.478 e. The highest BCUT2D eigenvalue weighted by Crippen LogP contribution is 2.21. The molecule has 0 aliphatic rings. The molecule has 0 unspecified atom stereocenters. The Bertz CT molecular complexity index is 858. The van der Waals surface area contributed by atoms with Crippen molar-refractivity contribution in [1.82, 2.24) is 5.32 Å². The average Bonchev–Trinajstić information content (AvgIpc) is 2.67. The first-order valence-electron chi connectivity index (χ1n) is 8.71. The first-order chi connectivity index (χ1) is 12.5. The summed E-state index contributed by atoms with van der Waals surface area (Å²) in [6.45, 7) is 4.01. The van der Waals surface area contributed by atoms with Crippen molar-refractivity contribution in [3.63, 3.8) is 0 Å². The van der Waals surface area contributed by atoms with Gasteiger partial charge in [0.1, 0.15) is 5.75 Å². The minimum atomic E-state index is -0.946. The molecular formula is C23H23NO2. The minimum absolute atomic E-state index is 0.147. The summed E-state index contributed by atoms with van der Waals surface area (Å²) < 4.78 is 5.83. The van der Waals surface area contributed by atoms with E-state index in [1.54, 1.807) is 13.8 Å². The number of rotatable bonds is 6. The Balaban J connectivity index is 1.64. The molecule has 0 spiro atoms. The van der Waals surface area contributed by atoms with E-state index in [1.807, 2.05) is 60.7 Å². The fourth-order valence-corrected chi connectivity index (χ4v) is 2.72. The van der Waals surface area contributed by atoms with Crippen LogP contribution in [0.1, 0.15) is 19.4 Å². The van der Waals surface area contributed by atoms with Crippen molar-refractivity contribution in [3.8, 4) is 16.9 Å². The third kappa shape index (κ3) is 4.51. The fourth-order valence-electron chi connectivity index (χ4n) is 2.72. The third-order valence-electron chi connectivity index (χ3n) is 4.15. The Hall–Kier alpha value is -3.07. The molecule has 3 aromatic rings. The maximum absolute atomic E-state index is 12.6. The summed E-state index contributed by atoms with van der Waals surface area (Å²) in [7, 11) is 0. The zero-order chi connectivity index (χ0) is 18.4. The first-order valence-corrected chi connectivity index (χ1v) is 8.71. The third-order valence-corrected chi connectivity index (χ3v) is 4.15. The molecule has 0 saturated carbocycles. The molecule has 3 heteroatoms. The fraction of sp³-hybridized carbons (Fsp3) is 0.174. The van der Waals surface area contributed by atoms with Gasteiger partial charge in [-0.1, -0.05) is 66.7 Å². The summed E-state index contributed by atoms with van der Waals surface area (Å²) in [4.78, 5) is 12.6. The van der Waals surface area contributed by atoms with Gasteiger partial charge in [-0.25, -0.2) is 0 Å².